The van der Waals surface area contributed by atoms with Crippen molar-refractivity contribution in [1.29, 1.82) is 0 Å². The highest BCUT2D eigenvalue weighted by Crippen LogP contribution is 2.33. The Labute approximate surface area is 91.5 Å². The smallest absolute Gasteiger partial charge is 0.308 e. The number of carboxylic acids is 1. The first-order valence-electron chi connectivity index (χ1n) is 5.95. The summed E-state index contributed by atoms with van der Waals surface area (Å²) in [6.45, 7) is 3.58. The minimum Gasteiger partial charge on any atom is -0.481 e. The molecule has 0 aromatic heterocycles. The van der Waals surface area contributed by atoms with Gasteiger partial charge in [0.15, 0.2) is 0 Å². The van der Waals surface area contributed by atoms with Gasteiger partial charge in [-0.3, -0.25) is 4.79 Å². The molecule has 1 aliphatic carbocycles. The molecule has 3 atom stereocenters. The highest BCUT2D eigenvalue weighted by molar-refractivity contribution is 5.70. The van der Waals surface area contributed by atoms with Gasteiger partial charge in [-0.15, -0.1) is 0 Å². The van der Waals surface area contributed by atoms with Gasteiger partial charge in [0.1, 0.15) is 0 Å². The largest absolute Gasteiger partial charge is 0.481 e. The van der Waals surface area contributed by atoms with Crippen LogP contribution in [-0.4, -0.2) is 22.3 Å². The van der Waals surface area contributed by atoms with Crippen LogP contribution in [-0.2, 0) is 4.79 Å². The van der Waals surface area contributed by atoms with Gasteiger partial charge >= 0.3 is 5.97 Å². The fourth-order valence-corrected chi connectivity index (χ4v) is 2.54. The Balaban J connectivity index is 2.50. The number of aliphatic carboxylic acids is 1. The molecule has 0 radical (unpaired) electrons. The molecule has 0 saturated heterocycles. The third-order valence-electron chi connectivity index (χ3n) is 3.83. The molecule has 1 saturated carbocycles. The van der Waals surface area contributed by atoms with Crippen molar-refractivity contribution in [3.63, 3.8) is 0 Å². The molecule has 1 aliphatic rings. The van der Waals surface area contributed by atoms with Crippen LogP contribution in [0, 0.1) is 17.8 Å². The van der Waals surface area contributed by atoms with Gasteiger partial charge in [-0.2, -0.15) is 0 Å². The molecular weight excluding hydrogens is 192 g/mol. The number of hydrogen-bond donors (Lipinski definition) is 2. The predicted octanol–water partition coefficient (Wildman–Crippen LogP) is 2.28. The fraction of sp³-hybridized carbons (Fsp3) is 0.917. The second-order valence-electron chi connectivity index (χ2n) is 4.87. The quantitative estimate of drug-likeness (QED) is 0.755. The number of carbonyl (C=O) groups is 1. The summed E-state index contributed by atoms with van der Waals surface area (Å²) in [5.74, 6) is -0.931. The number of aliphatic hydroxyl groups is 1. The fourth-order valence-electron chi connectivity index (χ4n) is 2.54. The van der Waals surface area contributed by atoms with Crippen molar-refractivity contribution in [2.45, 2.75) is 52.1 Å². The molecule has 0 amide bonds. The summed E-state index contributed by atoms with van der Waals surface area (Å²) in [5.41, 5.74) is 0. The Morgan fingerprint density at radius 2 is 1.73 bits per heavy atom. The molecule has 3 unspecified atom stereocenters. The molecule has 0 bridgehead atoms. The van der Waals surface area contributed by atoms with Gasteiger partial charge in [0.2, 0.25) is 0 Å². The van der Waals surface area contributed by atoms with E-state index in [2.05, 4.69) is 0 Å². The van der Waals surface area contributed by atoms with Crippen LogP contribution in [0.2, 0.25) is 0 Å². The summed E-state index contributed by atoms with van der Waals surface area (Å²) in [6.07, 6.45) is 5.32. The van der Waals surface area contributed by atoms with Crippen LogP contribution in [0.3, 0.4) is 0 Å². The van der Waals surface area contributed by atoms with Gasteiger partial charge < -0.3 is 10.2 Å². The number of hydrogen-bond acceptors (Lipinski definition) is 2. The van der Waals surface area contributed by atoms with Gasteiger partial charge in [-0.05, 0) is 18.8 Å². The molecule has 1 fully saturated rings. The maximum Gasteiger partial charge on any atom is 0.308 e. The maximum absolute atomic E-state index is 10.8. The van der Waals surface area contributed by atoms with E-state index in [1.165, 1.54) is 19.3 Å². The molecule has 0 aliphatic heterocycles. The summed E-state index contributed by atoms with van der Waals surface area (Å²) in [6, 6.07) is 0. The number of rotatable bonds is 4. The molecule has 0 spiro atoms. The molecule has 0 aromatic rings. The average molecular weight is 214 g/mol. The second-order valence-corrected chi connectivity index (χ2v) is 4.87. The Hall–Kier alpha value is -0.570. The zero-order chi connectivity index (χ0) is 11.4. The lowest BCUT2D eigenvalue weighted by Crippen LogP contribution is -2.35. The summed E-state index contributed by atoms with van der Waals surface area (Å²) in [5, 5.41) is 18.8. The van der Waals surface area contributed by atoms with Crippen molar-refractivity contribution in [2.75, 3.05) is 0 Å². The standard InChI is InChI=1S/C12H22O3/c1-8(10-6-4-3-5-7-10)11(13)9(2)12(14)15/h8-11,13H,3-7H2,1-2H3,(H,14,15). The zero-order valence-electron chi connectivity index (χ0n) is 9.65. The summed E-state index contributed by atoms with van der Waals surface area (Å²) in [7, 11) is 0. The Bertz CT molecular complexity index is 209. The lowest BCUT2D eigenvalue weighted by molar-refractivity contribution is -0.146. The second kappa shape index (κ2) is 5.50. The topological polar surface area (TPSA) is 57.5 Å². The first-order chi connectivity index (χ1) is 7.04. The third kappa shape index (κ3) is 3.20. The van der Waals surface area contributed by atoms with E-state index >= 15 is 0 Å². The first kappa shape index (κ1) is 12.5. The summed E-state index contributed by atoms with van der Waals surface area (Å²) >= 11 is 0. The van der Waals surface area contributed by atoms with Crippen molar-refractivity contribution in [1.82, 2.24) is 0 Å². The van der Waals surface area contributed by atoms with Crippen LogP contribution in [0.15, 0.2) is 0 Å². The molecule has 15 heavy (non-hydrogen) atoms. The van der Waals surface area contributed by atoms with E-state index in [-0.39, 0.29) is 5.92 Å². The molecule has 3 nitrogen and oxygen atoms in total. The van der Waals surface area contributed by atoms with Crippen LogP contribution < -0.4 is 0 Å². The lowest BCUT2D eigenvalue weighted by atomic mass is 9.76. The molecule has 1 rings (SSSR count). The first-order valence-corrected chi connectivity index (χ1v) is 5.95. The zero-order valence-corrected chi connectivity index (χ0v) is 9.65. The lowest BCUT2D eigenvalue weighted by Gasteiger charge is -2.32. The third-order valence-corrected chi connectivity index (χ3v) is 3.83. The van der Waals surface area contributed by atoms with Crippen molar-refractivity contribution >= 4 is 5.97 Å². The van der Waals surface area contributed by atoms with Gasteiger partial charge in [0.25, 0.3) is 0 Å². The monoisotopic (exact) mass is 214 g/mol. The average Bonchev–Trinajstić information content (AvgIpc) is 2.27. The molecule has 2 N–H and O–H groups in total. The van der Waals surface area contributed by atoms with Crippen molar-refractivity contribution in [3.8, 4) is 0 Å². The minimum atomic E-state index is -0.898. The summed E-state index contributed by atoms with van der Waals surface area (Å²) < 4.78 is 0. The van der Waals surface area contributed by atoms with E-state index in [0.29, 0.717) is 5.92 Å². The van der Waals surface area contributed by atoms with Crippen LogP contribution in [0.25, 0.3) is 0 Å². The van der Waals surface area contributed by atoms with E-state index in [1.54, 1.807) is 6.92 Å². The normalized spacial score (nSPS) is 24.5. The van der Waals surface area contributed by atoms with E-state index < -0.39 is 18.0 Å². The van der Waals surface area contributed by atoms with Crippen molar-refractivity contribution in [3.05, 3.63) is 0 Å². The van der Waals surface area contributed by atoms with Crippen LogP contribution in [0.4, 0.5) is 0 Å². The van der Waals surface area contributed by atoms with Crippen LogP contribution in [0.1, 0.15) is 46.0 Å². The van der Waals surface area contributed by atoms with Crippen molar-refractivity contribution in [2.24, 2.45) is 17.8 Å². The minimum absolute atomic E-state index is 0.108. The highest BCUT2D eigenvalue weighted by atomic mass is 16.4. The number of carboxylic acid groups (broad SMARTS) is 1. The Kier molecular flexibility index (Phi) is 4.58. The van der Waals surface area contributed by atoms with Crippen LogP contribution in [0.5, 0.6) is 0 Å². The van der Waals surface area contributed by atoms with Gasteiger partial charge in [0, 0.05) is 0 Å². The highest BCUT2D eigenvalue weighted by Gasteiger charge is 2.31. The van der Waals surface area contributed by atoms with Gasteiger partial charge in [0.05, 0.1) is 12.0 Å². The number of aliphatic hydroxyl groups excluding tert-OH is 1. The van der Waals surface area contributed by atoms with Crippen LogP contribution >= 0.6 is 0 Å². The predicted molar refractivity (Wildman–Crippen MR) is 58.5 cm³/mol. The molecule has 0 heterocycles. The Morgan fingerprint density at radius 1 is 1.20 bits per heavy atom. The molecule has 0 aromatic carbocycles. The van der Waals surface area contributed by atoms with E-state index in [4.69, 9.17) is 5.11 Å². The van der Waals surface area contributed by atoms with E-state index in [0.717, 1.165) is 12.8 Å². The van der Waals surface area contributed by atoms with Crippen molar-refractivity contribution < 1.29 is 15.0 Å². The molecule has 88 valence electrons. The van der Waals surface area contributed by atoms with Gasteiger partial charge in [-0.25, -0.2) is 0 Å². The van der Waals surface area contributed by atoms with Gasteiger partial charge in [-0.1, -0.05) is 39.0 Å². The van der Waals surface area contributed by atoms with E-state index in [9.17, 15) is 9.90 Å². The SMILES string of the molecule is CC(C(=O)O)C(O)C(C)C1CCCCC1. The van der Waals surface area contributed by atoms with E-state index in [1.807, 2.05) is 6.92 Å². The molecule has 3 heteroatoms. The molecular formula is C12H22O3. The summed E-state index contributed by atoms with van der Waals surface area (Å²) in [4.78, 5) is 10.8. The maximum atomic E-state index is 10.8. The Morgan fingerprint density at radius 3 is 2.20 bits per heavy atom.